The van der Waals surface area contributed by atoms with Crippen molar-refractivity contribution in [2.24, 2.45) is 0 Å². The summed E-state index contributed by atoms with van der Waals surface area (Å²) in [5.74, 6) is 0. The summed E-state index contributed by atoms with van der Waals surface area (Å²) in [6.45, 7) is 10.7. The van der Waals surface area contributed by atoms with E-state index in [4.69, 9.17) is 0 Å². The molecule has 116 valence electrons. The standard InChI is InChI=1S/C9H17N3O.C5H10O2/c1-7-6-10-4-5-12(7)9(13)11-8-2-3-8;1-5(2,3)7-4-6/h7-8,10H,2-6H2,1H3,(H,11,13);4H,1-3H3/t7-;/m1./s1. The molecular weight excluding hydrogens is 258 g/mol. The Morgan fingerprint density at radius 1 is 1.40 bits per heavy atom. The van der Waals surface area contributed by atoms with Crippen molar-refractivity contribution in [3.63, 3.8) is 0 Å². The zero-order chi connectivity index (χ0) is 15.2. The van der Waals surface area contributed by atoms with E-state index < -0.39 is 0 Å². The number of carbonyl (C=O) groups excluding carboxylic acids is 2. The van der Waals surface area contributed by atoms with Gasteiger partial charge in [-0.15, -0.1) is 0 Å². The summed E-state index contributed by atoms with van der Waals surface area (Å²) in [7, 11) is 0. The number of nitrogens with zero attached hydrogens (tertiary/aromatic N) is 1. The van der Waals surface area contributed by atoms with Crippen molar-refractivity contribution < 1.29 is 14.3 Å². The van der Waals surface area contributed by atoms with Crippen LogP contribution in [0.3, 0.4) is 0 Å². The molecule has 1 saturated carbocycles. The summed E-state index contributed by atoms with van der Waals surface area (Å²) in [5, 5.41) is 6.28. The molecule has 6 nitrogen and oxygen atoms in total. The summed E-state index contributed by atoms with van der Waals surface area (Å²) >= 11 is 0. The van der Waals surface area contributed by atoms with Gasteiger partial charge < -0.3 is 20.3 Å². The van der Waals surface area contributed by atoms with Crippen LogP contribution < -0.4 is 10.6 Å². The first-order valence-corrected chi connectivity index (χ1v) is 7.23. The molecule has 1 aliphatic heterocycles. The molecule has 0 aromatic heterocycles. The van der Waals surface area contributed by atoms with Gasteiger partial charge in [0.05, 0.1) is 0 Å². The smallest absolute Gasteiger partial charge is 0.317 e. The number of amides is 2. The van der Waals surface area contributed by atoms with Crippen LogP contribution in [0.2, 0.25) is 0 Å². The predicted octanol–water partition coefficient (Wildman–Crippen LogP) is 1.11. The third kappa shape index (κ3) is 6.75. The first-order valence-electron chi connectivity index (χ1n) is 7.23. The minimum atomic E-state index is -0.318. The van der Waals surface area contributed by atoms with Crippen LogP contribution in [-0.4, -0.2) is 54.7 Å². The third-order valence-electron chi connectivity index (χ3n) is 3.07. The van der Waals surface area contributed by atoms with Crippen LogP contribution in [0.4, 0.5) is 4.79 Å². The topological polar surface area (TPSA) is 70.7 Å². The zero-order valence-corrected chi connectivity index (χ0v) is 12.9. The summed E-state index contributed by atoms with van der Waals surface area (Å²) in [6.07, 6.45) is 2.32. The highest BCUT2D eigenvalue weighted by molar-refractivity contribution is 5.75. The lowest BCUT2D eigenvalue weighted by Crippen LogP contribution is -2.55. The molecule has 0 aromatic carbocycles. The Balaban J connectivity index is 0.000000246. The molecule has 20 heavy (non-hydrogen) atoms. The average molecular weight is 285 g/mol. The van der Waals surface area contributed by atoms with Crippen LogP contribution in [0.5, 0.6) is 0 Å². The number of ether oxygens (including phenoxy) is 1. The molecule has 2 N–H and O–H groups in total. The highest BCUT2D eigenvalue weighted by Gasteiger charge is 2.28. The first-order chi connectivity index (χ1) is 9.33. The third-order valence-corrected chi connectivity index (χ3v) is 3.07. The van der Waals surface area contributed by atoms with Crippen LogP contribution in [0.25, 0.3) is 0 Å². The minimum Gasteiger partial charge on any atom is -0.462 e. The van der Waals surface area contributed by atoms with Crippen molar-refractivity contribution in [3.8, 4) is 0 Å². The maximum atomic E-state index is 11.6. The number of nitrogens with one attached hydrogen (secondary N) is 2. The normalized spacial score (nSPS) is 22.4. The maximum absolute atomic E-state index is 11.6. The SMILES string of the molecule is CC(C)(C)OC=O.C[C@@H]1CNCCN1C(=O)NC1CC1. The van der Waals surface area contributed by atoms with Crippen molar-refractivity contribution >= 4 is 12.5 Å². The zero-order valence-electron chi connectivity index (χ0n) is 12.9. The fraction of sp³-hybridized carbons (Fsp3) is 0.857. The van der Waals surface area contributed by atoms with Gasteiger partial charge in [0.2, 0.25) is 0 Å². The van der Waals surface area contributed by atoms with Gasteiger partial charge in [-0.05, 0) is 40.5 Å². The monoisotopic (exact) mass is 285 g/mol. The van der Waals surface area contributed by atoms with Crippen LogP contribution in [0, 0.1) is 0 Å². The van der Waals surface area contributed by atoms with E-state index in [1.807, 2.05) is 25.7 Å². The van der Waals surface area contributed by atoms with Crippen LogP contribution in [0.1, 0.15) is 40.5 Å². The van der Waals surface area contributed by atoms with Crippen molar-refractivity contribution in [1.82, 2.24) is 15.5 Å². The van der Waals surface area contributed by atoms with E-state index in [0.29, 0.717) is 18.6 Å². The Labute approximate surface area is 121 Å². The van der Waals surface area contributed by atoms with Gasteiger partial charge >= 0.3 is 6.03 Å². The first kappa shape index (κ1) is 16.8. The Morgan fingerprint density at radius 3 is 2.45 bits per heavy atom. The van der Waals surface area contributed by atoms with Gasteiger partial charge in [0, 0.05) is 31.7 Å². The van der Waals surface area contributed by atoms with E-state index in [1.165, 1.54) is 0 Å². The van der Waals surface area contributed by atoms with Crippen molar-refractivity contribution in [2.75, 3.05) is 19.6 Å². The summed E-state index contributed by atoms with van der Waals surface area (Å²) in [5.41, 5.74) is -0.318. The largest absolute Gasteiger partial charge is 0.462 e. The molecule has 1 aliphatic carbocycles. The molecule has 2 aliphatic rings. The molecule has 0 bridgehead atoms. The second kappa shape index (κ2) is 7.47. The number of piperazine rings is 1. The number of carbonyl (C=O) groups is 2. The summed E-state index contributed by atoms with van der Waals surface area (Å²) in [6, 6.07) is 0.915. The highest BCUT2D eigenvalue weighted by atomic mass is 16.5. The quantitative estimate of drug-likeness (QED) is 0.746. The van der Waals surface area contributed by atoms with E-state index in [-0.39, 0.29) is 11.6 Å². The fourth-order valence-corrected chi connectivity index (χ4v) is 1.77. The maximum Gasteiger partial charge on any atom is 0.317 e. The molecule has 0 unspecified atom stereocenters. The van der Waals surface area contributed by atoms with E-state index in [9.17, 15) is 9.59 Å². The molecule has 0 spiro atoms. The van der Waals surface area contributed by atoms with Crippen molar-refractivity contribution in [3.05, 3.63) is 0 Å². The van der Waals surface area contributed by atoms with Crippen LogP contribution >= 0.6 is 0 Å². The predicted molar refractivity (Wildman–Crippen MR) is 77.5 cm³/mol. The molecule has 1 heterocycles. The van der Waals surface area contributed by atoms with Crippen molar-refractivity contribution in [2.45, 2.75) is 58.2 Å². The van der Waals surface area contributed by atoms with E-state index in [2.05, 4.69) is 22.3 Å². The van der Waals surface area contributed by atoms with E-state index in [1.54, 1.807) is 0 Å². The second-order valence-electron chi connectivity index (χ2n) is 6.30. The molecular formula is C14H27N3O3. The summed E-state index contributed by atoms with van der Waals surface area (Å²) < 4.78 is 4.55. The van der Waals surface area contributed by atoms with Gasteiger partial charge in [-0.3, -0.25) is 4.79 Å². The number of hydrogen-bond acceptors (Lipinski definition) is 4. The number of hydrogen-bond donors (Lipinski definition) is 2. The fourth-order valence-electron chi connectivity index (χ4n) is 1.77. The Hall–Kier alpha value is -1.30. The van der Waals surface area contributed by atoms with Gasteiger partial charge in [0.25, 0.3) is 6.47 Å². The van der Waals surface area contributed by atoms with Gasteiger partial charge in [-0.25, -0.2) is 4.79 Å². The van der Waals surface area contributed by atoms with Gasteiger partial charge in [0.15, 0.2) is 0 Å². The Morgan fingerprint density at radius 2 is 2.05 bits per heavy atom. The molecule has 1 saturated heterocycles. The molecule has 1 atom stereocenters. The van der Waals surface area contributed by atoms with Crippen LogP contribution in [0.15, 0.2) is 0 Å². The van der Waals surface area contributed by atoms with Crippen LogP contribution in [-0.2, 0) is 9.53 Å². The lowest BCUT2D eigenvalue weighted by atomic mass is 10.2. The van der Waals surface area contributed by atoms with Crippen molar-refractivity contribution in [1.29, 1.82) is 0 Å². The highest BCUT2D eigenvalue weighted by Crippen LogP contribution is 2.19. The van der Waals surface area contributed by atoms with Gasteiger partial charge in [-0.2, -0.15) is 0 Å². The average Bonchev–Trinajstić information content (AvgIpc) is 3.12. The second-order valence-corrected chi connectivity index (χ2v) is 6.30. The summed E-state index contributed by atoms with van der Waals surface area (Å²) in [4.78, 5) is 23.2. The molecule has 0 radical (unpaired) electrons. The Kier molecular flexibility index (Phi) is 6.26. The molecule has 6 heteroatoms. The number of rotatable bonds is 2. The minimum absolute atomic E-state index is 0.122. The van der Waals surface area contributed by atoms with Gasteiger partial charge in [-0.1, -0.05) is 0 Å². The lowest BCUT2D eigenvalue weighted by molar-refractivity contribution is -0.138. The molecule has 2 fully saturated rings. The lowest BCUT2D eigenvalue weighted by Gasteiger charge is -2.33. The molecule has 2 amide bonds. The van der Waals surface area contributed by atoms with E-state index >= 15 is 0 Å². The number of urea groups is 1. The molecule has 0 aromatic rings. The van der Waals surface area contributed by atoms with Gasteiger partial charge in [0.1, 0.15) is 5.60 Å². The molecule has 2 rings (SSSR count). The van der Waals surface area contributed by atoms with E-state index in [0.717, 1.165) is 32.5 Å². The Bertz CT molecular complexity index is 324.